The van der Waals surface area contributed by atoms with E-state index < -0.39 is 30.0 Å². The van der Waals surface area contributed by atoms with Crippen molar-refractivity contribution < 1.29 is 33.3 Å². The first-order chi connectivity index (χ1) is 15.8. The van der Waals surface area contributed by atoms with E-state index in [2.05, 4.69) is 10.3 Å². The molecule has 33 heavy (non-hydrogen) atoms. The van der Waals surface area contributed by atoms with E-state index in [0.29, 0.717) is 11.7 Å². The van der Waals surface area contributed by atoms with E-state index in [0.717, 1.165) is 12.8 Å². The van der Waals surface area contributed by atoms with Crippen LogP contribution in [0.1, 0.15) is 44.1 Å². The van der Waals surface area contributed by atoms with E-state index in [4.69, 9.17) is 18.9 Å². The lowest BCUT2D eigenvalue weighted by Gasteiger charge is -2.26. The van der Waals surface area contributed by atoms with Crippen molar-refractivity contribution in [2.24, 2.45) is 5.92 Å². The number of ether oxygens (including phenoxy) is 4. The number of hydrogen-bond acceptors (Lipinski definition) is 8. The third-order valence-electron chi connectivity index (χ3n) is 5.12. The van der Waals surface area contributed by atoms with Crippen LogP contribution in [0.2, 0.25) is 0 Å². The summed E-state index contributed by atoms with van der Waals surface area (Å²) >= 11 is 0. The zero-order valence-corrected chi connectivity index (χ0v) is 19.1. The van der Waals surface area contributed by atoms with Gasteiger partial charge in [0.15, 0.2) is 11.4 Å². The van der Waals surface area contributed by atoms with Crippen LogP contribution in [0.25, 0.3) is 0 Å². The largest absolute Gasteiger partial charge is 0.493 e. The summed E-state index contributed by atoms with van der Waals surface area (Å²) < 4.78 is 21.9. The molecule has 3 rings (SSSR count). The van der Waals surface area contributed by atoms with Crippen LogP contribution in [0.15, 0.2) is 42.6 Å². The topological polar surface area (TPSA) is 113 Å². The highest BCUT2D eigenvalue weighted by Gasteiger charge is 2.39. The van der Waals surface area contributed by atoms with Crippen LogP contribution in [0.3, 0.4) is 0 Å². The third-order valence-corrected chi connectivity index (χ3v) is 5.12. The van der Waals surface area contributed by atoms with Crippen LogP contribution >= 0.6 is 0 Å². The highest BCUT2D eigenvalue weighted by atomic mass is 16.6. The Balaban J connectivity index is 1.64. The minimum absolute atomic E-state index is 0.121. The van der Waals surface area contributed by atoms with Crippen molar-refractivity contribution >= 4 is 17.8 Å². The van der Waals surface area contributed by atoms with E-state index >= 15 is 0 Å². The molecule has 1 amide bonds. The highest BCUT2D eigenvalue weighted by Crippen LogP contribution is 2.37. The Morgan fingerprint density at radius 2 is 1.79 bits per heavy atom. The van der Waals surface area contributed by atoms with Crippen LogP contribution in [0.4, 0.5) is 0 Å². The van der Waals surface area contributed by atoms with Gasteiger partial charge in [0.05, 0.1) is 7.11 Å². The first-order valence-electron chi connectivity index (χ1n) is 10.7. The van der Waals surface area contributed by atoms with E-state index in [1.165, 1.54) is 33.2 Å². The van der Waals surface area contributed by atoms with Gasteiger partial charge in [-0.15, -0.1) is 0 Å². The number of nitrogens with one attached hydrogen (secondary N) is 1. The monoisotopic (exact) mass is 456 g/mol. The first kappa shape index (κ1) is 24.0. The van der Waals surface area contributed by atoms with Gasteiger partial charge in [-0.2, -0.15) is 0 Å². The molecular formula is C24H28N2O7. The molecule has 3 atom stereocenters. The van der Waals surface area contributed by atoms with E-state index in [9.17, 15) is 14.4 Å². The van der Waals surface area contributed by atoms with Crippen molar-refractivity contribution in [2.75, 3.05) is 7.11 Å². The van der Waals surface area contributed by atoms with Gasteiger partial charge < -0.3 is 24.3 Å². The Bertz CT molecular complexity index is 992. The SMILES string of the molecule is COc1ccnc(C(=O)N[C@@H](C)C(=O)O[C@@H](C)[C@H](Oc2ccccc2)C2CC2)c1OC(C)=O. The van der Waals surface area contributed by atoms with Gasteiger partial charge in [0, 0.05) is 19.2 Å². The number of para-hydroxylation sites is 1. The molecule has 0 aliphatic heterocycles. The number of hydrogen-bond donors (Lipinski definition) is 1. The number of aromatic nitrogens is 1. The predicted octanol–water partition coefficient (Wildman–Crippen LogP) is 2.92. The van der Waals surface area contributed by atoms with Gasteiger partial charge in [-0.1, -0.05) is 18.2 Å². The highest BCUT2D eigenvalue weighted by molar-refractivity contribution is 5.98. The zero-order chi connectivity index (χ0) is 24.0. The fraction of sp³-hybridized carbons (Fsp3) is 0.417. The van der Waals surface area contributed by atoms with Gasteiger partial charge in [-0.05, 0) is 44.7 Å². The van der Waals surface area contributed by atoms with Crippen LogP contribution in [0.5, 0.6) is 17.2 Å². The minimum Gasteiger partial charge on any atom is -0.493 e. The van der Waals surface area contributed by atoms with Crippen molar-refractivity contribution in [1.82, 2.24) is 10.3 Å². The fourth-order valence-electron chi connectivity index (χ4n) is 3.33. The van der Waals surface area contributed by atoms with Crippen molar-refractivity contribution in [1.29, 1.82) is 0 Å². The number of esters is 2. The molecule has 0 saturated heterocycles. The Labute approximate surface area is 192 Å². The first-order valence-corrected chi connectivity index (χ1v) is 10.7. The summed E-state index contributed by atoms with van der Waals surface area (Å²) in [5.74, 6) is -0.896. The molecule has 1 saturated carbocycles. The molecule has 1 aliphatic rings. The molecule has 9 heteroatoms. The summed E-state index contributed by atoms with van der Waals surface area (Å²) in [5, 5.41) is 2.54. The predicted molar refractivity (Wildman–Crippen MR) is 118 cm³/mol. The molecule has 0 unspecified atom stereocenters. The second-order valence-electron chi connectivity index (χ2n) is 7.85. The molecule has 9 nitrogen and oxygen atoms in total. The number of carbonyl (C=O) groups is 3. The average molecular weight is 456 g/mol. The summed E-state index contributed by atoms with van der Waals surface area (Å²) in [4.78, 5) is 40.9. The number of benzene rings is 1. The summed E-state index contributed by atoms with van der Waals surface area (Å²) in [7, 11) is 1.37. The Hall–Kier alpha value is -3.62. The van der Waals surface area contributed by atoms with Crippen molar-refractivity contribution in [3.8, 4) is 17.2 Å². The Morgan fingerprint density at radius 1 is 1.09 bits per heavy atom. The maximum absolute atomic E-state index is 12.8. The normalized spacial score (nSPS) is 15.5. The van der Waals surface area contributed by atoms with Crippen molar-refractivity contribution in [2.45, 2.75) is 51.9 Å². The molecule has 176 valence electrons. The second-order valence-corrected chi connectivity index (χ2v) is 7.85. The van der Waals surface area contributed by atoms with Crippen molar-refractivity contribution in [3.63, 3.8) is 0 Å². The molecule has 1 aliphatic carbocycles. The molecule has 0 radical (unpaired) electrons. The molecule has 2 aromatic rings. The standard InChI is InChI=1S/C24H28N2O7/c1-14(26-23(28)20-22(32-16(3)27)19(30-4)12-13-25-20)24(29)31-15(2)21(17-10-11-17)33-18-8-6-5-7-9-18/h5-9,12-15,17,21H,10-11H2,1-4H3,(H,26,28)/t14-,15-,21-/m0/s1. The quantitative estimate of drug-likeness (QED) is 0.543. The summed E-state index contributed by atoms with van der Waals surface area (Å²) in [6.07, 6.45) is 2.55. The van der Waals surface area contributed by atoms with Gasteiger partial charge in [0.1, 0.15) is 24.0 Å². The van der Waals surface area contributed by atoms with Gasteiger partial charge in [-0.25, -0.2) is 9.78 Å². The average Bonchev–Trinajstić information content (AvgIpc) is 3.63. The number of rotatable bonds is 10. The number of pyridine rings is 1. The van der Waals surface area contributed by atoms with Gasteiger partial charge in [0.2, 0.25) is 5.75 Å². The molecule has 1 fully saturated rings. The third kappa shape index (κ3) is 6.44. The molecule has 1 aromatic heterocycles. The molecule has 0 bridgehead atoms. The zero-order valence-electron chi connectivity index (χ0n) is 19.1. The maximum atomic E-state index is 12.8. The van der Waals surface area contributed by atoms with E-state index in [1.54, 1.807) is 6.92 Å². The van der Waals surface area contributed by atoms with E-state index in [-0.39, 0.29) is 23.3 Å². The summed E-state index contributed by atoms with van der Waals surface area (Å²) in [6, 6.07) is 9.85. The molecule has 1 heterocycles. The minimum atomic E-state index is -0.977. The lowest BCUT2D eigenvalue weighted by atomic mass is 10.1. The summed E-state index contributed by atoms with van der Waals surface area (Å²) in [5.41, 5.74) is -0.180. The lowest BCUT2D eigenvalue weighted by Crippen LogP contribution is -2.44. The number of amides is 1. The molecule has 0 spiro atoms. The summed E-state index contributed by atoms with van der Waals surface area (Å²) in [6.45, 7) is 4.48. The lowest BCUT2D eigenvalue weighted by molar-refractivity contribution is -0.155. The Morgan fingerprint density at radius 3 is 2.39 bits per heavy atom. The number of carbonyl (C=O) groups excluding carboxylic acids is 3. The Kier molecular flexibility index (Phi) is 7.87. The van der Waals surface area contributed by atoms with Gasteiger partial charge in [0.25, 0.3) is 5.91 Å². The number of nitrogens with zero attached hydrogens (tertiary/aromatic N) is 1. The van der Waals surface area contributed by atoms with Gasteiger partial charge in [-0.3, -0.25) is 9.59 Å². The number of methoxy groups -OCH3 is 1. The fourth-order valence-corrected chi connectivity index (χ4v) is 3.33. The second kappa shape index (κ2) is 10.8. The molecule has 1 N–H and O–H groups in total. The van der Waals surface area contributed by atoms with Crippen LogP contribution in [0, 0.1) is 5.92 Å². The van der Waals surface area contributed by atoms with Gasteiger partial charge >= 0.3 is 11.9 Å². The van der Waals surface area contributed by atoms with Crippen LogP contribution < -0.4 is 19.5 Å². The van der Waals surface area contributed by atoms with Crippen molar-refractivity contribution in [3.05, 3.63) is 48.3 Å². The smallest absolute Gasteiger partial charge is 0.328 e. The van der Waals surface area contributed by atoms with Crippen LogP contribution in [-0.4, -0.2) is 48.2 Å². The molecular weight excluding hydrogens is 428 g/mol. The molecule has 1 aromatic carbocycles. The van der Waals surface area contributed by atoms with Crippen LogP contribution in [-0.2, 0) is 14.3 Å². The van der Waals surface area contributed by atoms with E-state index in [1.807, 2.05) is 30.3 Å². The maximum Gasteiger partial charge on any atom is 0.328 e.